The lowest BCUT2D eigenvalue weighted by atomic mass is 9.79. The maximum atomic E-state index is 12.6. The van der Waals surface area contributed by atoms with E-state index in [2.05, 4.69) is 10.6 Å². The molecule has 0 atom stereocenters. The molecular formula is C14H23F3N2O. The summed E-state index contributed by atoms with van der Waals surface area (Å²) in [5.74, 6) is -1.18. The molecule has 0 bridgehead atoms. The molecule has 2 aliphatic rings. The van der Waals surface area contributed by atoms with Crippen molar-refractivity contribution in [2.75, 3.05) is 13.1 Å². The molecule has 2 N–H and O–H groups in total. The predicted molar refractivity (Wildman–Crippen MR) is 70.2 cm³/mol. The molecule has 1 heterocycles. The Kier molecular flexibility index (Phi) is 4.62. The van der Waals surface area contributed by atoms with Crippen molar-refractivity contribution in [1.82, 2.24) is 10.6 Å². The van der Waals surface area contributed by atoms with Crippen molar-refractivity contribution >= 4 is 5.91 Å². The highest BCUT2D eigenvalue weighted by Gasteiger charge is 2.42. The molecule has 0 aromatic heterocycles. The summed E-state index contributed by atoms with van der Waals surface area (Å²) in [7, 11) is 0. The first kappa shape index (κ1) is 15.6. The second-order valence-electron chi connectivity index (χ2n) is 6.37. The highest BCUT2D eigenvalue weighted by molar-refractivity contribution is 5.82. The summed E-state index contributed by atoms with van der Waals surface area (Å²) in [6, 6.07) is -0.0900. The molecule has 0 unspecified atom stereocenters. The molecule has 3 nitrogen and oxygen atoms in total. The van der Waals surface area contributed by atoms with Crippen molar-refractivity contribution in [2.24, 2.45) is 11.3 Å². The smallest absolute Gasteiger partial charge is 0.353 e. The zero-order valence-electron chi connectivity index (χ0n) is 11.9. The van der Waals surface area contributed by atoms with Crippen molar-refractivity contribution in [3.8, 4) is 0 Å². The lowest BCUT2D eigenvalue weighted by Crippen LogP contribution is -2.49. The van der Waals surface area contributed by atoms with Crippen molar-refractivity contribution in [3.05, 3.63) is 0 Å². The summed E-state index contributed by atoms with van der Waals surface area (Å²) >= 11 is 0. The van der Waals surface area contributed by atoms with Crippen molar-refractivity contribution in [2.45, 2.75) is 57.7 Å². The van der Waals surface area contributed by atoms with Crippen molar-refractivity contribution < 1.29 is 18.0 Å². The van der Waals surface area contributed by atoms with Crippen LogP contribution in [0.2, 0.25) is 0 Å². The van der Waals surface area contributed by atoms with Crippen molar-refractivity contribution in [1.29, 1.82) is 0 Å². The first-order valence-electron chi connectivity index (χ1n) is 7.40. The Morgan fingerprint density at radius 1 is 1.15 bits per heavy atom. The molecule has 1 amide bonds. The second-order valence-corrected chi connectivity index (χ2v) is 6.37. The number of carbonyl (C=O) groups is 1. The number of piperidine rings is 1. The van der Waals surface area contributed by atoms with Gasteiger partial charge in [-0.1, -0.05) is 6.92 Å². The van der Waals surface area contributed by atoms with Gasteiger partial charge in [0.2, 0.25) is 5.91 Å². The van der Waals surface area contributed by atoms with E-state index >= 15 is 0 Å². The van der Waals surface area contributed by atoms with Crippen LogP contribution in [-0.2, 0) is 4.79 Å². The monoisotopic (exact) mass is 292 g/mol. The van der Waals surface area contributed by atoms with Gasteiger partial charge in [-0.2, -0.15) is 13.2 Å². The van der Waals surface area contributed by atoms with Gasteiger partial charge in [0, 0.05) is 11.5 Å². The van der Waals surface area contributed by atoms with Gasteiger partial charge in [0.1, 0.15) is 0 Å². The molecule has 1 saturated heterocycles. The van der Waals surface area contributed by atoms with E-state index in [1.54, 1.807) is 0 Å². The average molecular weight is 292 g/mol. The molecule has 0 spiro atoms. The van der Waals surface area contributed by atoms with E-state index in [0.717, 1.165) is 25.9 Å². The van der Waals surface area contributed by atoms with Crippen LogP contribution in [0.3, 0.4) is 0 Å². The fraction of sp³-hybridized carbons (Fsp3) is 0.929. The van der Waals surface area contributed by atoms with E-state index < -0.39 is 12.1 Å². The largest absolute Gasteiger partial charge is 0.391 e. The van der Waals surface area contributed by atoms with Crippen LogP contribution in [0.4, 0.5) is 13.2 Å². The number of hydrogen-bond donors (Lipinski definition) is 2. The topological polar surface area (TPSA) is 41.1 Å². The number of halogens is 3. The summed E-state index contributed by atoms with van der Waals surface area (Å²) in [6.45, 7) is 3.60. The van der Waals surface area contributed by atoms with Gasteiger partial charge in [-0.05, 0) is 51.6 Å². The Labute approximate surface area is 117 Å². The minimum absolute atomic E-state index is 0.00876. The molecule has 1 saturated carbocycles. The molecule has 6 heteroatoms. The first-order valence-corrected chi connectivity index (χ1v) is 7.40. The van der Waals surface area contributed by atoms with E-state index in [0.29, 0.717) is 12.8 Å². The lowest BCUT2D eigenvalue weighted by Gasteiger charge is -2.36. The number of nitrogens with one attached hydrogen (secondary N) is 2. The van der Waals surface area contributed by atoms with Crippen molar-refractivity contribution in [3.63, 3.8) is 0 Å². The highest BCUT2D eigenvalue weighted by atomic mass is 19.4. The Hall–Kier alpha value is -0.780. The molecule has 20 heavy (non-hydrogen) atoms. The summed E-state index contributed by atoms with van der Waals surface area (Å²) < 4.78 is 37.8. The normalized spacial score (nSPS) is 30.8. The minimum Gasteiger partial charge on any atom is -0.353 e. The summed E-state index contributed by atoms with van der Waals surface area (Å²) in [5.41, 5.74) is -0.369. The third-order valence-electron chi connectivity index (χ3n) is 4.78. The van der Waals surface area contributed by atoms with Crippen LogP contribution in [-0.4, -0.2) is 31.2 Å². The van der Waals surface area contributed by atoms with Gasteiger partial charge in [-0.3, -0.25) is 4.79 Å². The average Bonchev–Trinajstić information content (AvgIpc) is 2.39. The molecule has 2 fully saturated rings. The van der Waals surface area contributed by atoms with E-state index in [-0.39, 0.29) is 30.2 Å². The van der Waals surface area contributed by atoms with Crippen LogP contribution in [0.1, 0.15) is 45.4 Å². The van der Waals surface area contributed by atoms with Gasteiger partial charge in [0.15, 0.2) is 0 Å². The Balaban J connectivity index is 1.82. The van der Waals surface area contributed by atoms with Gasteiger partial charge < -0.3 is 10.6 Å². The van der Waals surface area contributed by atoms with E-state index in [9.17, 15) is 18.0 Å². The lowest BCUT2D eigenvalue weighted by molar-refractivity contribution is -0.182. The molecule has 2 rings (SSSR count). The van der Waals surface area contributed by atoms with Gasteiger partial charge in [0.25, 0.3) is 0 Å². The van der Waals surface area contributed by atoms with Crippen LogP contribution >= 0.6 is 0 Å². The highest BCUT2D eigenvalue weighted by Crippen LogP contribution is 2.38. The first-order chi connectivity index (χ1) is 9.31. The zero-order chi connectivity index (χ0) is 14.8. The van der Waals surface area contributed by atoms with E-state index in [1.165, 1.54) is 0 Å². The molecule has 116 valence electrons. The maximum Gasteiger partial charge on any atom is 0.391 e. The Morgan fingerprint density at radius 2 is 1.70 bits per heavy atom. The third-order valence-corrected chi connectivity index (χ3v) is 4.78. The van der Waals surface area contributed by atoms with E-state index in [1.807, 2.05) is 6.92 Å². The van der Waals surface area contributed by atoms with Crippen LogP contribution in [0.15, 0.2) is 0 Å². The fourth-order valence-electron chi connectivity index (χ4n) is 3.13. The summed E-state index contributed by atoms with van der Waals surface area (Å²) in [6.07, 6.45) is -1.38. The SMILES string of the molecule is CC1(C(=O)NC2CCC(C(F)(F)F)CC2)CCNCC1. The van der Waals surface area contributed by atoms with Crippen LogP contribution in [0, 0.1) is 11.3 Å². The van der Waals surface area contributed by atoms with Gasteiger partial charge in [-0.25, -0.2) is 0 Å². The zero-order valence-corrected chi connectivity index (χ0v) is 11.9. The van der Waals surface area contributed by atoms with E-state index in [4.69, 9.17) is 0 Å². The molecule has 0 aromatic rings. The molecule has 1 aliphatic heterocycles. The molecule has 0 radical (unpaired) electrons. The summed E-state index contributed by atoms with van der Waals surface area (Å²) in [5, 5.41) is 6.18. The quantitative estimate of drug-likeness (QED) is 0.821. The van der Waals surface area contributed by atoms with Gasteiger partial charge in [-0.15, -0.1) is 0 Å². The number of rotatable bonds is 2. The Morgan fingerprint density at radius 3 is 2.20 bits per heavy atom. The molecular weight excluding hydrogens is 269 g/mol. The number of hydrogen-bond acceptors (Lipinski definition) is 2. The fourth-order valence-corrected chi connectivity index (χ4v) is 3.13. The third kappa shape index (κ3) is 3.65. The summed E-state index contributed by atoms with van der Waals surface area (Å²) in [4.78, 5) is 12.3. The van der Waals surface area contributed by atoms with Gasteiger partial charge in [0.05, 0.1) is 5.92 Å². The standard InChI is InChI=1S/C14H23F3N2O/c1-13(6-8-18-9-7-13)12(20)19-11-4-2-10(3-5-11)14(15,16)17/h10-11,18H,2-9H2,1H3,(H,19,20). The number of carbonyl (C=O) groups excluding carboxylic acids is 1. The maximum absolute atomic E-state index is 12.6. The second kappa shape index (κ2) is 5.92. The minimum atomic E-state index is -4.09. The molecule has 0 aromatic carbocycles. The predicted octanol–water partition coefficient (Wildman–Crippen LogP) is 2.61. The van der Waals surface area contributed by atoms with Crippen LogP contribution in [0.25, 0.3) is 0 Å². The Bertz CT molecular complexity index is 343. The number of amides is 1. The van der Waals surface area contributed by atoms with Crippen LogP contribution < -0.4 is 10.6 Å². The van der Waals surface area contributed by atoms with Gasteiger partial charge >= 0.3 is 6.18 Å². The van der Waals surface area contributed by atoms with Crippen LogP contribution in [0.5, 0.6) is 0 Å². The molecule has 1 aliphatic carbocycles. The number of alkyl halides is 3.